The number of esters is 1. The van der Waals surface area contributed by atoms with Gasteiger partial charge in [-0.15, -0.1) is 0 Å². The summed E-state index contributed by atoms with van der Waals surface area (Å²) in [6, 6.07) is 4.21. The third-order valence-corrected chi connectivity index (χ3v) is 3.78. The highest BCUT2D eigenvalue weighted by Gasteiger charge is 2.50. The Morgan fingerprint density at radius 1 is 1.45 bits per heavy atom. The number of likely N-dealkylation sites (tertiary alicyclic amines) is 1. The van der Waals surface area contributed by atoms with Gasteiger partial charge in [-0.3, -0.25) is 4.79 Å². The summed E-state index contributed by atoms with van der Waals surface area (Å²) in [5.74, 6) is -1.01. The predicted octanol–water partition coefficient (Wildman–Crippen LogP) is 2.30. The summed E-state index contributed by atoms with van der Waals surface area (Å²) < 4.78 is 18.3. The van der Waals surface area contributed by atoms with E-state index in [9.17, 15) is 14.0 Å². The molecule has 1 atom stereocenters. The Labute approximate surface area is 117 Å². The van der Waals surface area contributed by atoms with Gasteiger partial charge >= 0.3 is 5.97 Å². The molecule has 1 unspecified atom stereocenters. The first-order chi connectivity index (χ1) is 9.40. The van der Waals surface area contributed by atoms with Crippen LogP contribution in [-0.2, 0) is 9.53 Å². The molecule has 0 saturated carbocycles. The lowest BCUT2D eigenvalue weighted by Gasteiger charge is -2.48. The van der Waals surface area contributed by atoms with Crippen LogP contribution in [0.1, 0.15) is 36.2 Å². The summed E-state index contributed by atoms with van der Waals surface area (Å²) in [6.45, 7) is 5.82. The first kappa shape index (κ1) is 14.5. The minimum absolute atomic E-state index is 0.269. The SMILES string of the molecule is CCOC(=O)C1(C)CCN1C(=O)c1ccc(F)c(C)c1. The Bertz CT molecular complexity index is 558. The highest BCUT2D eigenvalue weighted by Crippen LogP contribution is 2.33. The summed E-state index contributed by atoms with van der Waals surface area (Å²) >= 11 is 0. The fourth-order valence-electron chi connectivity index (χ4n) is 2.32. The molecule has 0 aliphatic carbocycles. The number of rotatable bonds is 3. The summed E-state index contributed by atoms with van der Waals surface area (Å²) in [5.41, 5.74) is -0.108. The van der Waals surface area contributed by atoms with Crippen LogP contribution in [0.5, 0.6) is 0 Å². The van der Waals surface area contributed by atoms with E-state index in [2.05, 4.69) is 0 Å². The van der Waals surface area contributed by atoms with Crippen LogP contribution in [0.4, 0.5) is 4.39 Å². The molecule has 1 aromatic carbocycles. The minimum Gasteiger partial charge on any atom is -0.464 e. The normalized spacial score (nSPS) is 21.3. The van der Waals surface area contributed by atoms with Crippen LogP contribution in [0.25, 0.3) is 0 Å². The molecule has 1 aromatic rings. The van der Waals surface area contributed by atoms with Gasteiger partial charge in [-0.1, -0.05) is 0 Å². The highest BCUT2D eigenvalue weighted by molar-refractivity contribution is 5.99. The van der Waals surface area contributed by atoms with Crippen LogP contribution in [0.15, 0.2) is 18.2 Å². The smallest absolute Gasteiger partial charge is 0.331 e. The van der Waals surface area contributed by atoms with Gasteiger partial charge in [0.1, 0.15) is 11.4 Å². The van der Waals surface area contributed by atoms with Crippen LogP contribution >= 0.6 is 0 Å². The zero-order chi connectivity index (χ0) is 14.9. The summed E-state index contributed by atoms with van der Waals surface area (Å²) in [7, 11) is 0. The second kappa shape index (κ2) is 5.23. The topological polar surface area (TPSA) is 46.6 Å². The van der Waals surface area contributed by atoms with Crippen molar-refractivity contribution in [3.63, 3.8) is 0 Å². The van der Waals surface area contributed by atoms with Crippen LogP contribution in [0.2, 0.25) is 0 Å². The molecule has 1 aliphatic rings. The molecule has 0 aromatic heterocycles. The molecule has 108 valence electrons. The molecule has 2 rings (SSSR count). The molecule has 0 bridgehead atoms. The standard InChI is InChI=1S/C15H18FNO3/c1-4-20-14(19)15(3)7-8-17(15)13(18)11-5-6-12(16)10(2)9-11/h5-6,9H,4,7-8H2,1-3H3. The fraction of sp³-hybridized carbons (Fsp3) is 0.467. The Balaban J connectivity index is 2.21. The van der Waals surface area contributed by atoms with E-state index in [4.69, 9.17) is 4.74 Å². The fourth-order valence-corrected chi connectivity index (χ4v) is 2.32. The maximum atomic E-state index is 13.2. The van der Waals surface area contributed by atoms with Crippen molar-refractivity contribution in [2.24, 2.45) is 0 Å². The van der Waals surface area contributed by atoms with E-state index in [0.717, 1.165) is 0 Å². The van der Waals surface area contributed by atoms with Gasteiger partial charge in [0.25, 0.3) is 5.91 Å². The van der Waals surface area contributed by atoms with Gasteiger partial charge in [-0.05, 0) is 51.0 Å². The second-order valence-corrected chi connectivity index (χ2v) is 5.17. The molecular formula is C15H18FNO3. The van der Waals surface area contributed by atoms with Gasteiger partial charge in [0, 0.05) is 12.1 Å². The maximum Gasteiger partial charge on any atom is 0.331 e. The Morgan fingerprint density at radius 2 is 2.15 bits per heavy atom. The molecule has 1 fully saturated rings. The van der Waals surface area contributed by atoms with E-state index < -0.39 is 11.5 Å². The van der Waals surface area contributed by atoms with Crippen LogP contribution in [-0.4, -0.2) is 35.5 Å². The maximum absolute atomic E-state index is 13.2. The van der Waals surface area contributed by atoms with E-state index in [1.54, 1.807) is 20.8 Å². The predicted molar refractivity (Wildman–Crippen MR) is 71.8 cm³/mol. The van der Waals surface area contributed by atoms with Crippen LogP contribution in [0.3, 0.4) is 0 Å². The van der Waals surface area contributed by atoms with Crippen LogP contribution < -0.4 is 0 Å². The van der Waals surface area contributed by atoms with Crippen molar-refractivity contribution in [2.45, 2.75) is 32.7 Å². The molecule has 1 heterocycles. The number of benzene rings is 1. The number of halogens is 1. The molecule has 0 spiro atoms. The lowest BCUT2D eigenvalue weighted by molar-refractivity contribution is -0.162. The molecule has 4 nitrogen and oxygen atoms in total. The number of hydrogen-bond acceptors (Lipinski definition) is 3. The molecule has 1 amide bonds. The number of amides is 1. The first-order valence-corrected chi connectivity index (χ1v) is 6.65. The zero-order valence-corrected chi connectivity index (χ0v) is 11.9. The van der Waals surface area contributed by atoms with Crippen LogP contribution in [0, 0.1) is 12.7 Å². The molecule has 0 radical (unpaired) electrons. The second-order valence-electron chi connectivity index (χ2n) is 5.17. The van der Waals surface area contributed by atoms with E-state index in [0.29, 0.717) is 24.1 Å². The third kappa shape index (κ3) is 2.28. The van der Waals surface area contributed by atoms with Gasteiger partial charge < -0.3 is 9.64 Å². The minimum atomic E-state index is -0.907. The average molecular weight is 279 g/mol. The van der Waals surface area contributed by atoms with Crippen molar-refractivity contribution < 1.29 is 18.7 Å². The molecular weight excluding hydrogens is 261 g/mol. The average Bonchev–Trinajstić information content (AvgIpc) is 2.39. The molecule has 5 heteroatoms. The lowest BCUT2D eigenvalue weighted by atomic mass is 9.85. The molecule has 1 aliphatic heterocycles. The van der Waals surface area contributed by atoms with Crippen molar-refractivity contribution in [2.75, 3.05) is 13.2 Å². The van der Waals surface area contributed by atoms with Crippen molar-refractivity contribution >= 4 is 11.9 Å². The van der Waals surface area contributed by atoms with E-state index >= 15 is 0 Å². The van der Waals surface area contributed by atoms with Gasteiger partial charge in [-0.25, -0.2) is 9.18 Å². The van der Waals surface area contributed by atoms with Crippen molar-refractivity contribution in [1.29, 1.82) is 0 Å². The Morgan fingerprint density at radius 3 is 2.65 bits per heavy atom. The first-order valence-electron chi connectivity index (χ1n) is 6.65. The summed E-state index contributed by atoms with van der Waals surface area (Å²) in [6.07, 6.45) is 0.581. The van der Waals surface area contributed by atoms with Crippen molar-refractivity contribution in [1.82, 2.24) is 4.90 Å². The zero-order valence-electron chi connectivity index (χ0n) is 11.9. The quantitative estimate of drug-likeness (QED) is 0.798. The number of hydrogen-bond donors (Lipinski definition) is 0. The monoisotopic (exact) mass is 279 g/mol. The van der Waals surface area contributed by atoms with Crippen molar-refractivity contribution in [3.05, 3.63) is 35.1 Å². The molecule has 1 saturated heterocycles. The number of carbonyl (C=O) groups is 2. The number of carbonyl (C=O) groups excluding carboxylic acids is 2. The third-order valence-electron chi connectivity index (χ3n) is 3.78. The highest BCUT2D eigenvalue weighted by atomic mass is 19.1. The van der Waals surface area contributed by atoms with E-state index in [1.807, 2.05) is 0 Å². The summed E-state index contributed by atoms with van der Waals surface area (Å²) in [5, 5.41) is 0. The largest absolute Gasteiger partial charge is 0.464 e. The number of nitrogens with zero attached hydrogens (tertiary/aromatic N) is 1. The number of aryl methyl sites for hydroxylation is 1. The molecule has 20 heavy (non-hydrogen) atoms. The van der Waals surface area contributed by atoms with Gasteiger partial charge in [0.15, 0.2) is 0 Å². The lowest BCUT2D eigenvalue weighted by Crippen LogP contribution is -2.65. The summed E-state index contributed by atoms with van der Waals surface area (Å²) in [4.78, 5) is 25.8. The van der Waals surface area contributed by atoms with Gasteiger partial charge in [0.2, 0.25) is 0 Å². The van der Waals surface area contributed by atoms with E-state index in [1.165, 1.54) is 23.1 Å². The van der Waals surface area contributed by atoms with E-state index in [-0.39, 0.29) is 18.3 Å². The Hall–Kier alpha value is -1.91. The number of ether oxygens (including phenoxy) is 1. The van der Waals surface area contributed by atoms with Crippen molar-refractivity contribution in [3.8, 4) is 0 Å². The molecule has 0 N–H and O–H groups in total. The Kier molecular flexibility index (Phi) is 3.79. The van der Waals surface area contributed by atoms with Gasteiger partial charge in [0.05, 0.1) is 6.61 Å². The van der Waals surface area contributed by atoms with Gasteiger partial charge in [-0.2, -0.15) is 0 Å².